The smallest absolute Gasteiger partial charge is 0.291 e. The fourth-order valence-electron chi connectivity index (χ4n) is 3.20. The average Bonchev–Trinajstić information content (AvgIpc) is 3.56. The lowest BCUT2D eigenvalue weighted by Gasteiger charge is -2.13. The first-order chi connectivity index (χ1) is 14.3. The van der Waals surface area contributed by atoms with E-state index >= 15 is 0 Å². The van der Waals surface area contributed by atoms with Gasteiger partial charge in [-0.1, -0.05) is 51.8 Å². The molecular weight excluding hydrogens is 420 g/mol. The Morgan fingerprint density at radius 3 is 2.07 bits per heavy atom. The van der Waals surface area contributed by atoms with Crippen molar-refractivity contribution in [3.63, 3.8) is 0 Å². The van der Waals surface area contributed by atoms with Gasteiger partial charge in [0.05, 0.1) is 22.9 Å². The van der Waals surface area contributed by atoms with Crippen molar-refractivity contribution >= 4 is 19.9 Å². The van der Waals surface area contributed by atoms with Gasteiger partial charge in [-0.05, 0) is 48.9 Å². The lowest BCUT2D eigenvalue weighted by Crippen LogP contribution is -2.15. The van der Waals surface area contributed by atoms with Crippen molar-refractivity contribution < 1.29 is 17.4 Å². The molecule has 0 amide bonds. The van der Waals surface area contributed by atoms with Gasteiger partial charge in [0.1, 0.15) is 5.75 Å². The Morgan fingerprint density at radius 2 is 1.47 bits per heavy atom. The van der Waals surface area contributed by atoms with E-state index in [2.05, 4.69) is 3.77 Å². The SMILES string of the molecule is COc1ccc(S(=O)(=NS(=O)(=O)c2ccc(C)cc2)N2CC2c2ccccc2)cc1. The molecule has 3 atom stereocenters. The van der Waals surface area contributed by atoms with Crippen molar-refractivity contribution in [2.75, 3.05) is 13.7 Å². The zero-order valence-corrected chi connectivity index (χ0v) is 18.3. The Morgan fingerprint density at radius 1 is 0.867 bits per heavy atom. The van der Waals surface area contributed by atoms with Gasteiger partial charge in [0, 0.05) is 6.54 Å². The van der Waals surface area contributed by atoms with Crippen LogP contribution in [0.15, 0.2) is 92.4 Å². The van der Waals surface area contributed by atoms with Gasteiger partial charge < -0.3 is 4.74 Å². The highest BCUT2D eigenvalue weighted by Crippen LogP contribution is 2.42. The maximum atomic E-state index is 14.1. The summed E-state index contributed by atoms with van der Waals surface area (Å²) in [5, 5.41) is 0. The topological polar surface area (TPSA) is 75.8 Å². The number of benzene rings is 3. The molecule has 1 aliphatic rings. The van der Waals surface area contributed by atoms with Crippen LogP contribution in [0, 0.1) is 6.92 Å². The second kappa shape index (κ2) is 7.86. The molecule has 1 fully saturated rings. The van der Waals surface area contributed by atoms with E-state index in [4.69, 9.17) is 4.74 Å². The second-order valence-corrected chi connectivity index (χ2v) is 11.0. The number of nitrogens with zero attached hydrogens (tertiary/aromatic N) is 2. The van der Waals surface area contributed by atoms with Gasteiger partial charge in [-0.3, -0.25) is 0 Å². The molecule has 0 aliphatic carbocycles. The molecule has 3 aromatic carbocycles. The Bertz CT molecular complexity index is 1260. The summed E-state index contributed by atoms with van der Waals surface area (Å²) in [7, 11) is -5.99. The molecule has 4 rings (SSSR count). The molecule has 0 spiro atoms. The summed E-state index contributed by atoms with van der Waals surface area (Å²) < 4.78 is 51.0. The molecule has 1 heterocycles. The molecule has 0 aromatic heterocycles. The van der Waals surface area contributed by atoms with Crippen molar-refractivity contribution in [3.05, 3.63) is 90.0 Å². The molecule has 1 aliphatic heterocycles. The summed E-state index contributed by atoms with van der Waals surface area (Å²) in [5.41, 5.74) is 1.90. The molecule has 3 unspecified atom stereocenters. The summed E-state index contributed by atoms with van der Waals surface area (Å²) in [6.45, 7) is 2.33. The van der Waals surface area contributed by atoms with E-state index in [0.717, 1.165) is 11.1 Å². The highest BCUT2D eigenvalue weighted by atomic mass is 32.3. The Hall–Kier alpha value is -2.68. The van der Waals surface area contributed by atoms with E-state index in [9.17, 15) is 12.6 Å². The predicted octanol–water partition coefficient (Wildman–Crippen LogP) is 4.19. The molecule has 6 nitrogen and oxygen atoms in total. The van der Waals surface area contributed by atoms with Gasteiger partial charge >= 0.3 is 0 Å². The van der Waals surface area contributed by atoms with Crippen LogP contribution in [0.25, 0.3) is 0 Å². The first-order valence-electron chi connectivity index (χ1n) is 9.39. The standard InChI is InChI=1S/C22H22N2O4S2/c1-17-8-12-21(13-9-17)30(26,27)23-29(25,20-14-10-19(28-2)11-15-20)24-16-22(24)18-6-4-3-5-7-18/h3-15,22H,16H2,1-2H3. The molecule has 3 aromatic rings. The van der Waals surface area contributed by atoms with Crippen molar-refractivity contribution in [2.24, 2.45) is 3.77 Å². The van der Waals surface area contributed by atoms with E-state index in [0.29, 0.717) is 17.2 Å². The highest BCUT2D eigenvalue weighted by molar-refractivity contribution is 8.02. The van der Waals surface area contributed by atoms with Crippen molar-refractivity contribution in [3.8, 4) is 5.75 Å². The van der Waals surface area contributed by atoms with E-state index < -0.39 is 19.9 Å². The minimum Gasteiger partial charge on any atom is -0.497 e. The minimum atomic E-state index is -4.13. The zero-order chi connectivity index (χ0) is 21.4. The number of hydrogen-bond acceptors (Lipinski definition) is 4. The maximum absolute atomic E-state index is 14.1. The van der Waals surface area contributed by atoms with Crippen LogP contribution in [-0.4, -0.2) is 30.6 Å². The number of ether oxygens (including phenoxy) is 1. The molecule has 0 bridgehead atoms. The van der Waals surface area contributed by atoms with E-state index in [1.54, 1.807) is 40.7 Å². The maximum Gasteiger partial charge on any atom is 0.291 e. The fourth-order valence-corrected chi connectivity index (χ4v) is 7.35. The van der Waals surface area contributed by atoms with Crippen molar-refractivity contribution in [2.45, 2.75) is 22.8 Å². The van der Waals surface area contributed by atoms with Gasteiger partial charge in [0.2, 0.25) is 0 Å². The third-order valence-corrected chi connectivity index (χ3v) is 9.34. The zero-order valence-electron chi connectivity index (χ0n) is 16.6. The molecule has 1 saturated heterocycles. The summed E-state index contributed by atoms with van der Waals surface area (Å²) in [5.74, 6) is 0.590. The fraction of sp³-hybridized carbons (Fsp3) is 0.182. The highest BCUT2D eigenvalue weighted by Gasteiger charge is 2.45. The average molecular weight is 443 g/mol. The van der Waals surface area contributed by atoms with Gasteiger partial charge in [-0.2, -0.15) is 8.42 Å². The van der Waals surface area contributed by atoms with Crippen LogP contribution in [0.5, 0.6) is 5.75 Å². The molecule has 8 heteroatoms. The summed E-state index contributed by atoms with van der Waals surface area (Å²) >= 11 is 0. The summed E-state index contributed by atoms with van der Waals surface area (Å²) in [6.07, 6.45) is 0. The van der Waals surface area contributed by atoms with Gasteiger partial charge in [-0.25, -0.2) is 8.51 Å². The Labute approximate surface area is 177 Å². The van der Waals surface area contributed by atoms with Crippen LogP contribution >= 0.6 is 0 Å². The lowest BCUT2D eigenvalue weighted by atomic mass is 10.2. The van der Waals surface area contributed by atoms with E-state index in [1.165, 1.54) is 19.2 Å². The quantitative estimate of drug-likeness (QED) is 0.537. The molecule has 30 heavy (non-hydrogen) atoms. The van der Waals surface area contributed by atoms with Crippen molar-refractivity contribution in [1.29, 1.82) is 0 Å². The largest absolute Gasteiger partial charge is 0.497 e. The number of methoxy groups -OCH3 is 1. The molecule has 156 valence electrons. The van der Waals surface area contributed by atoms with Gasteiger partial charge in [-0.15, -0.1) is 0 Å². The van der Waals surface area contributed by atoms with Crippen LogP contribution in [-0.2, 0) is 19.9 Å². The van der Waals surface area contributed by atoms with Crippen LogP contribution < -0.4 is 4.74 Å². The van der Waals surface area contributed by atoms with Gasteiger partial charge in [0.25, 0.3) is 10.0 Å². The second-order valence-electron chi connectivity index (χ2n) is 7.06. The predicted molar refractivity (Wildman–Crippen MR) is 116 cm³/mol. The van der Waals surface area contributed by atoms with Crippen LogP contribution in [0.4, 0.5) is 0 Å². The number of rotatable bonds is 6. The Balaban J connectivity index is 1.82. The molecular formula is C22H22N2O4S2. The van der Waals surface area contributed by atoms with Crippen molar-refractivity contribution in [1.82, 2.24) is 4.31 Å². The first-order valence-corrected chi connectivity index (χ1v) is 12.3. The van der Waals surface area contributed by atoms with Crippen LogP contribution in [0.1, 0.15) is 17.2 Å². The third-order valence-electron chi connectivity index (χ3n) is 4.95. The summed E-state index contributed by atoms with van der Waals surface area (Å²) in [4.78, 5) is 0.352. The lowest BCUT2D eigenvalue weighted by molar-refractivity contribution is 0.414. The van der Waals surface area contributed by atoms with E-state index in [1.807, 2.05) is 37.3 Å². The van der Waals surface area contributed by atoms with E-state index in [-0.39, 0.29) is 10.9 Å². The summed E-state index contributed by atoms with van der Waals surface area (Å²) in [6, 6.07) is 22.3. The number of sulfonamides is 1. The molecule has 0 radical (unpaired) electrons. The van der Waals surface area contributed by atoms with Gasteiger partial charge in [0.15, 0.2) is 9.92 Å². The molecule has 0 saturated carbocycles. The third kappa shape index (κ3) is 3.98. The first kappa shape index (κ1) is 20.6. The van der Waals surface area contributed by atoms with Crippen LogP contribution in [0.3, 0.4) is 0 Å². The minimum absolute atomic E-state index is 0.0208. The Kier molecular flexibility index (Phi) is 5.40. The molecule has 0 N–H and O–H groups in total. The number of aryl methyl sites for hydroxylation is 1. The van der Waals surface area contributed by atoms with Crippen LogP contribution in [0.2, 0.25) is 0 Å². The monoisotopic (exact) mass is 442 g/mol. The number of hydrogen-bond donors (Lipinski definition) is 0. The normalized spacial score (nSPS) is 20.2.